The standard InChI is InChI=1S/C13H14FN3O/c1-3-4-7-15-13(18)12-16-10-6-5-9(14)8-11(10)17(12)2/h3,5-6,8H,1,4,7H2,2H3,(H,15,18). The summed E-state index contributed by atoms with van der Waals surface area (Å²) in [6, 6.07) is 4.25. The van der Waals surface area contributed by atoms with Gasteiger partial charge in [-0.3, -0.25) is 4.79 Å². The summed E-state index contributed by atoms with van der Waals surface area (Å²) in [4.78, 5) is 16.1. The number of imidazole rings is 1. The second-order valence-electron chi connectivity index (χ2n) is 3.96. The van der Waals surface area contributed by atoms with Crippen molar-refractivity contribution in [3.05, 3.63) is 42.5 Å². The summed E-state index contributed by atoms with van der Waals surface area (Å²) in [7, 11) is 1.69. The van der Waals surface area contributed by atoms with Crippen molar-refractivity contribution in [1.82, 2.24) is 14.9 Å². The normalized spacial score (nSPS) is 10.6. The molecule has 0 aliphatic heterocycles. The van der Waals surface area contributed by atoms with Crippen molar-refractivity contribution in [2.45, 2.75) is 6.42 Å². The molecule has 0 saturated carbocycles. The highest BCUT2D eigenvalue weighted by Gasteiger charge is 2.14. The van der Waals surface area contributed by atoms with Crippen LogP contribution in [0.5, 0.6) is 0 Å². The third kappa shape index (κ3) is 2.25. The molecule has 4 nitrogen and oxygen atoms in total. The van der Waals surface area contributed by atoms with Gasteiger partial charge in [-0.15, -0.1) is 6.58 Å². The van der Waals surface area contributed by atoms with Gasteiger partial charge in [0, 0.05) is 13.6 Å². The molecule has 0 unspecified atom stereocenters. The van der Waals surface area contributed by atoms with Gasteiger partial charge in [-0.2, -0.15) is 0 Å². The zero-order valence-electron chi connectivity index (χ0n) is 10.1. The number of fused-ring (bicyclic) bond motifs is 1. The number of benzene rings is 1. The quantitative estimate of drug-likeness (QED) is 0.663. The fraction of sp³-hybridized carbons (Fsp3) is 0.231. The van der Waals surface area contributed by atoms with Gasteiger partial charge in [0.05, 0.1) is 11.0 Å². The number of carbonyl (C=O) groups is 1. The lowest BCUT2D eigenvalue weighted by Crippen LogP contribution is -2.26. The first-order valence-electron chi connectivity index (χ1n) is 5.64. The van der Waals surface area contributed by atoms with Crippen LogP contribution in [0.1, 0.15) is 17.0 Å². The first kappa shape index (κ1) is 12.3. The third-order valence-corrected chi connectivity index (χ3v) is 2.68. The molecule has 0 fully saturated rings. The Bertz CT molecular complexity index is 604. The largest absolute Gasteiger partial charge is 0.349 e. The SMILES string of the molecule is C=CCCNC(=O)c1nc2ccc(F)cc2n1C. The lowest BCUT2D eigenvalue weighted by atomic mass is 10.3. The highest BCUT2D eigenvalue weighted by Crippen LogP contribution is 2.16. The van der Waals surface area contributed by atoms with Gasteiger partial charge in [0.15, 0.2) is 5.82 Å². The number of carbonyl (C=O) groups excluding carboxylic acids is 1. The smallest absolute Gasteiger partial charge is 0.287 e. The monoisotopic (exact) mass is 247 g/mol. The van der Waals surface area contributed by atoms with E-state index >= 15 is 0 Å². The molecular formula is C13H14FN3O. The minimum Gasteiger partial charge on any atom is -0.349 e. The number of aromatic nitrogens is 2. The Morgan fingerprint density at radius 3 is 3.11 bits per heavy atom. The maximum atomic E-state index is 13.1. The lowest BCUT2D eigenvalue weighted by Gasteiger charge is -2.03. The molecule has 1 N–H and O–H groups in total. The molecule has 1 aromatic carbocycles. The number of nitrogens with zero attached hydrogens (tertiary/aromatic N) is 2. The molecule has 0 aliphatic rings. The molecule has 94 valence electrons. The van der Waals surface area contributed by atoms with Gasteiger partial charge in [0.1, 0.15) is 5.82 Å². The molecule has 18 heavy (non-hydrogen) atoms. The zero-order valence-corrected chi connectivity index (χ0v) is 10.1. The third-order valence-electron chi connectivity index (χ3n) is 2.68. The van der Waals surface area contributed by atoms with Gasteiger partial charge in [-0.1, -0.05) is 6.08 Å². The summed E-state index contributed by atoms with van der Waals surface area (Å²) < 4.78 is 14.7. The predicted molar refractivity (Wildman–Crippen MR) is 67.8 cm³/mol. The van der Waals surface area contributed by atoms with E-state index in [1.165, 1.54) is 12.1 Å². The second-order valence-corrected chi connectivity index (χ2v) is 3.96. The minimum absolute atomic E-state index is 0.268. The van der Waals surface area contributed by atoms with E-state index in [1.54, 1.807) is 23.8 Å². The Balaban J connectivity index is 2.31. The van der Waals surface area contributed by atoms with Crippen LogP contribution in [0.3, 0.4) is 0 Å². The van der Waals surface area contributed by atoms with Crippen LogP contribution < -0.4 is 5.32 Å². The summed E-state index contributed by atoms with van der Waals surface area (Å²) in [5.74, 6) is -0.334. The lowest BCUT2D eigenvalue weighted by molar-refractivity contribution is 0.0941. The molecule has 0 atom stereocenters. The van der Waals surface area contributed by atoms with Gasteiger partial charge in [-0.05, 0) is 24.6 Å². The van der Waals surface area contributed by atoms with Crippen molar-refractivity contribution in [3.8, 4) is 0 Å². The molecule has 0 saturated heterocycles. The highest BCUT2D eigenvalue weighted by atomic mass is 19.1. The summed E-state index contributed by atoms with van der Waals surface area (Å²) in [6.45, 7) is 4.09. The molecule has 2 rings (SSSR count). The Morgan fingerprint density at radius 1 is 1.61 bits per heavy atom. The number of hydrogen-bond donors (Lipinski definition) is 1. The van der Waals surface area contributed by atoms with E-state index in [0.717, 1.165) is 0 Å². The van der Waals surface area contributed by atoms with E-state index in [2.05, 4.69) is 16.9 Å². The molecular weight excluding hydrogens is 233 g/mol. The Morgan fingerprint density at radius 2 is 2.39 bits per heavy atom. The van der Waals surface area contributed by atoms with Crippen LogP contribution in [-0.4, -0.2) is 22.0 Å². The fourth-order valence-electron chi connectivity index (χ4n) is 1.73. The molecule has 1 amide bonds. The van der Waals surface area contributed by atoms with Crippen molar-refractivity contribution in [2.24, 2.45) is 7.05 Å². The molecule has 2 aromatic rings. The van der Waals surface area contributed by atoms with Crippen molar-refractivity contribution < 1.29 is 9.18 Å². The Labute approximate surface area is 104 Å². The van der Waals surface area contributed by atoms with Crippen molar-refractivity contribution >= 4 is 16.9 Å². The van der Waals surface area contributed by atoms with Gasteiger partial charge >= 0.3 is 0 Å². The predicted octanol–water partition coefficient (Wildman–Crippen LogP) is 2.02. The number of hydrogen-bond acceptors (Lipinski definition) is 2. The van der Waals surface area contributed by atoms with Crippen LogP contribution in [-0.2, 0) is 7.05 Å². The zero-order chi connectivity index (χ0) is 13.1. The van der Waals surface area contributed by atoms with Crippen molar-refractivity contribution in [2.75, 3.05) is 6.54 Å². The molecule has 0 radical (unpaired) electrons. The first-order valence-corrected chi connectivity index (χ1v) is 5.64. The number of amides is 1. The molecule has 1 aromatic heterocycles. The van der Waals surface area contributed by atoms with Crippen molar-refractivity contribution in [3.63, 3.8) is 0 Å². The Kier molecular flexibility index (Phi) is 3.41. The van der Waals surface area contributed by atoms with Crippen LogP contribution >= 0.6 is 0 Å². The molecule has 5 heteroatoms. The fourth-order valence-corrected chi connectivity index (χ4v) is 1.73. The van der Waals surface area contributed by atoms with Crippen LogP contribution in [0, 0.1) is 5.82 Å². The van der Waals surface area contributed by atoms with Crippen LogP contribution in [0.4, 0.5) is 4.39 Å². The van der Waals surface area contributed by atoms with Crippen LogP contribution in [0.2, 0.25) is 0 Å². The van der Waals surface area contributed by atoms with E-state index in [9.17, 15) is 9.18 Å². The van der Waals surface area contributed by atoms with Gasteiger partial charge in [-0.25, -0.2) is 9.37 Å². The van der Waals surface area contributed by atoms with E-state index in [4.69, 9.17) is 0 Å². The van der Waals surface area contributed by atoms with Gasteiger partial charge < -0.3 is 9.88 Å². The Hall–Kier alpha value is -2.17. The first-order chi connectivity index (χ1) is 8.63. The molecule has 0 aliphatic carbocycles. The number of halogens is 1. The van der Waals surface area contributed by atoms with E-state index in [1.807, 2.05) is 0 Å². The molecule has 1 heterocycles. The van der Waals surface area contributed by atoms with Crippen LogP contribution in [0.25, 0.3) is 11.0 Å². The topological polar surface area (TPSA) is 46.9 Å². The van der Waals surface area contributed by atoms with E-state index in [0.29, 0.717) is 24.0 Å². The second kappa shape index (κ2) is 5.00. The number of aryl methyl sites for hydroxylation is 1. The average Bonchev–Trinajstić information content (AvgIpc) is 2.67. The molecule has 0 spiro atoms. The maximum Gasteiger partial charge on any atom is 0.287 e. The van der Waals surface area contributed by atoms with Crippen molar-refractivity contribution in [1.29, 1.82) is 0 Å². The average molecular weight is 247 g/mol. The molecule has 0 bridgehead atoms. The minimum atomic E-state index is -0.343. The maximum absolute atomic E-state index is 13.1. The van der Waals surface area contributed by atoms with E-state index < -0.39 is 0 Å². The summed E-state index contributed by atoms with van der Waals surface area (Å²) in [5.41, 5.74) is 1.21. The van der Waals surface area contributed by atoms with Gasteiger partial charge in [0.2, 0.25) is 0 Å². The summed E-state index contributed by atoms with van der Waals surface area (Å²) >= 11 is 0. The highest BCUT2D eigenvalue weighted by molar-refractivity contribution is 5.94. The van der Waals surface area contributed by atoms with Crippen LogP contribution in [0.15, 0.2) is 30.9 Å². The number of rotatable bonds is 4. The summed E-state index contributed by atoms with van der Waals surface area (Å²) in [6.07, 6.45) is 2.43. The van der Waals surface area contributed by atoms with Gasteiger partial charge in [0.25, 0.3) is 5.91 Å². The summed E-state index contributed by atoms with van der Waals surface area (Å²) in [5, 5.41) is 2.73. The number of nitrogens with one attached hydrogen (secondary N) is 1. The van der Waals surface area contributed by atoms with E-state index in [-0.39, 0.29) is 17.5 Å².